The lowest BCUT2D eigenvalue weighted by Crippen LogP contribution is -2.42. The summed E-state index contributed by atoms with van der Waals surface area (Å²) in [5, 5.41) is 0.633. The van der Waals surface area contributed by atoms with Gasteiger partial charge in [0, 0.05) is 30.2 Å². The maximum Gasteiger partial charge on any atom is 0.410 e. The van der Waals surface area contributed by atoms with Crippen molar-refractivity contribution < 1.29 is 22.1 Å². The molecule has 36 heavy (non-hydrogen) atoms. The van der Waals surface area contributed by atoms with Crippen LogP contribution >= 0.6 is 11.6 Å². The first-order valence-electron chi connectivity index (χ1n) is 12.2. The molecule has 0 spiro atoms. The largest absolute Gasteiger partial charge is 0.444 e. The van der Waals surface area contributed by atoms with E-state index in [0.29, 0.717) is 24.5 Å². The second-order valence-corrected chi connectivity index (χ2v) is 12.5. The van der Waals surface area contributed by atoms with Crippen LogP contribution in [0.3, 0.4) is 0 Å². The summed E-state index contributed by atoms with van der Waals surface area (Å²) in [6.45, 7) is 6.90. The van der Waals surface area contributed by atoms with Crippen LogP contribution in [0.1, 0.15) is 68.3 Å². The molecule has 1 aliphatic heterocycles. The first-order valence-corrected chi connectivity index (χ1v) is 14.4. The summed E-state index contributed by atoms with van der Waals surface area (Å²) in [5.74, 6) is 0.274. The number of carbonyl (C=O) groups is 1. The predicted molar refractivity (Wildman–Crippen MR) is 141 cm³/mol. The van der Waals surface area contributed by atoms with Gasteiger partial charge in [-0.15, -0.1) is 0 Å². The molecule has 2 aromatic rings. The van der Waals surface area contributed by atoms with Gasteiger partial charge in [0.25, 0.3) is 10.1 Å². The van der Waals surface area contributed by atoms with E-state index >= 15 is 0 Å². The molecule has 4 rings (SSSR count). The van der Waals surface area contributed by atoms with E-state index in [-0.39, 0.29) is 24.5 Å². The molecule has 2 heterocycles. The SMILES string of the molecule is CC(C)(C)OC(=O)N1CCC(C2c3ccc(Cl)cc3C=C(CCOS(C)(=O)=O)c3cccnc32)CC1. The molecule has 1 fully saturated rings. The van der Waals surface area contributed by atoms with Crippen LogP contribution in [0.4, 0.5) is 4.79 Å². The molecular weight excluding hydrogens is 500 g/mol. The van der Waals surface area contributed by atoms with Crippen LogP contribution in [-0.2, 0) is 19.0 Å². The van der Waals surface area contributed by atoms with Crippen LogP contribution < -0.4 is 0 Å². The summed E-state index contributed by atoms with van der Waals surface area (Å²) in [4.78, 5) is 19.2. The minimum Gasteiger partial charge on any atom is -0.444 e. The highest BCUT2D eigenvalue weighted by molar-refractivity contribution is 7.85. The molecule has 0 saturated carbocycles. The van der Waals surface area contributed by atoms with Crippen molar-refractivity contribution in [3.8, 4) is 0 Å². The van der Waals surface area contributed by atoms with Gasteiger partial charge in [0.1, 0.15) is 5.60 Å². The minimum absolute atomic E-state index is 0.0128. The van der Waals surface area contributed by atoms with Crippen molar-refractivity contribution in [2.24, 2.45) is 5.92 Å². The summed E-state index contributed by atoms with van der Waals surface area (Å²) in [6, 6.07) is 9.84. The molecule has 2 aliphatic rings. The number of pyridine rings is 1. The van der Waals surface area contributed by atoms with Gasteiger partial charge >= 0.3 is 6.09 Å². The van der Waals surface area contributed by atoms with Crippen LogP contribution in [0.2, 0.25) is 5.02 Å². The number of halogens is 1. The number of amides is 1. The number of likely N-dealkylation sites (tertiary alicyclic amines) is 1. The Balaban J connectivity index is 1.65. The van der Waals surface area contributed by atoms with Gasteiger partial charge in [0.05, 0.1) is 18.6 Å². The Bertz CT molecular complexity index is 1260. The number of benzene rings is 1. The predicted octanol–water partition coefficient (Wildman–Crippen LogP) is 5.73. The second kappa shape index (κ2) is 10.5. The lowest BCUT2D eigenvalue weighted by atomic mass is 9.76. The monoisotopic (exact) mass is 532 g/mol. The minimum atomic E-state index is -3.54. The molecular formula is C27H33ClN2O5S. The number of carbonyl (C=O) groups excluding carboxylic acids is 1. The first-order chi connectivity index (χ1) is 16.9. The maximum absolute atomic E-state index is 12.6. The van der Waals surface area contributed by atoms with Crippen molar-refractivity contribution >= 4 is 39.5 Å². The molecule has 1 aromatic heterocycles. The normalized spacial score (nSPS) is 18.6. The van der Waals surface area contributed by atoms with Crippen molar-refractivity contribution in [3.05, 3.63) is 63.9 Å². The van der Waals surface area contributed by atoms with Gasteiger partial charge in [0.2, 0.25) is 0 Å². The van der Waals surface area contributed by atoms with Crippen LogP contribution in [0.25, 0.3) is 11.6 Å². The quantitative estimate of drug-likeness (QED) is 0.457. The Morgan fingerprint density at radius 2 is 1.92 bits per heavy atom. The van der Waals surface area contributed by atoms with Crippen LogP contribution in [0.15, 0.2) is 36.5 Å². The summed E-state index contributed by atoms with van der Waals surface area (Å²) < 4.78 is 33.7. The molecule has 9 heteroatoms. The highest BCUT2D eigenvalue weighted by Crippen LogP contribution is 2.45. The standard InChI is InChI=1S/C27H33ClN2O5S/c1-27(2,3)35-26(31)30-13-9-18(10-14-30)24-22-8-7-21(28)17-20(22)16-19(11-15-34-36(4,32)33)23-6-5-12-29-25(23)24/h5-8,12,16-18,24H,9-11,13-15H2,1-4H3. The lowest BCUT2D eigenvalue weighted by molar-refractivity contribution is 0.0178. The Morgan fingerprint density at radius 1 is 1.19 bits per heavy atom. The molecule has 1 amide bonds. The fourth-order valence-electron chi connectivity index (χ4n) is 5.03. The zero-order chi connectivity index (χ0) is 26.1. The van der Waals surface area contributed by atoms with Crippen molar-refractivity contribution in [3.63, 3.8) is 0 Å². The van der Waals surface area contributed by atoms with Gasteiger partial charge in [-0.2, -0.15) is 8.42 Å². The average molecular weight is 533 g/mol. The number of rotatable bonds is 5. The smallest absolute Gasteiger partial charge is 0.410 e. The van der Waals surface area contributed by atoms with Crippen LogP contribution in [0, 0.1) is 5.92 Å². The van der Waals surface area contributed by atoms with Gasteiger partial charge in [-0.1, -0.05) is 29.8 Å². The zero-order valence-corrected chi connectivity index (χ0v) is 22.7. The van der Waals surface area contributed by atoms with E-state index in [9.17, 15) is 13.2 Å². The third-order valence-electron chi connectivity index (χ3n) is 6.52. The van der Waals surface area contributed by atoms with E-state index in [0.717, 1.165) is 47.1 Å². The van der Waals surface area contributed by atoms with E-state index in [1.165, 1.54) is 0 Å². The molecule has 1 aliphatic carbocycles. The highest BCUT2D eigenvalue weighted by atomic mass is 35.5. The van der Waals surface area contributed by atoms with Crippen molar-refractivity contribution in [1.29, 1.82) is 0 Å². The summed E-state index contributed by atoms with van der Waals surface area (Å²) in [5.41, 5.74) is 4.50. The third-order valence-corrected chi connectivity index (χ3v) is 7.35. The third kappa shape index (κ3) is 6.47. The van der Waals surface area contributed by atoms with Crippen LogP contribution in [0.5, 0.6) is 0 Å². The van der Waals surface area contributed by atoms with Gasteiger partial charge < -0.3 is 9.64 Å². The molecule has 194 valence electrons. The maximum atomic E-state index is 12.6. The Hall–Kier alpha value is -2.42. The Labute approximate surface area is 218 Å². The molecule has 0 bridgehead atoms. The number of hydrogen-bond acceptors (Lipinski definition) is 6. The van der Waals surface area contributed by atoms with E-state index in [4.69, 9.17) is 25.5 Å². The number of aromatic nitrogens is 1. The highest BCUT2D eigenvalue weighted by Gasteiger charge is 2.36. The fourth-order valence-corrected chi connectivity index (χ4v) is 5.60. The average Bonchev–Trinajstić information content (AvgIpc) is 2.91. The van der Waals surface area contributed by atoms with Gasteiger partial charge in [-0.05, 0) is 86.4 Å². The molecule has 0 radical (unpaired) electrons. The molecule has 1 saturated heterocycles. The van der Waals surface area contributed by atoms with E-state index < -0.39 is 15.7 Å². The van der Waals surface area contributed by atoms with Crippen molar-refractivity contribution in [2.45, 2.75) is 51.6 Å². The van der Waals surface area contributed by atoms with Gasteiger partial charge in [-0.3, -0.25) is 9.17 Å². The molecule has 1 aromatic carbocycles. The van der Waals surface area contributed by atoms with E-state index in [2.05, 4.69) is 12.1 Å². The number of hydrogen-bond donors (Lipinski definition) is 0. The summed E-state index contributed by atoms with van der Waals surface area (Å²) >= 11 is 6.39. The fraction of sp³-hybridized carbons (Fsp3) is 0.481. The topological polar surface area (TPSA) is 85.8 Å². The zero-order valence-electron chi connectivity index (χ0n) is 21.2. The number of fused-ring (bicyclic) bond motifs is 2. The van der Waals surface area contributed by atoms with Crippen LogP contribution in [-0.4, -0.2) is 55.9 Å². The summed E-state index contributed by atoms with van der Waals surface area (Å²) in [6.07, 6.45) is 6.70. The van der Waals surface area contributed by atoms with Gasteiger partial charge in [0.15, 0.2) is 0 Å². The number of nitrogens with zero attached hydrogens (tertiary/aromatic N) is 2. The molecule has 0 N–H and O–H groups in total. The van der Waals surface area contributed by atoms with E-state index in [1.807, 2.05) is 45.0 Å². The summed E-state index contributed by atoms with van der Waals surface area (Å²) in [7, 11) is -3.54. The Kier molecular flexibility index (Phi) is 7.78. The second-order valence-electron chi connectivity index (χ2n) is 10.4. The van der Waals surface area contributed by atoms with Gasteiger partial charge in [-0.25, -0.2) is 4.79 Å². The lowest BCUT2D eigenvalue weighted by Gasteiger charge is -2.37. The molecule has 1 atom stereocenters. The molecule has 1 unspecified atom stereocenters. The number of ether oxygens (including phenoxy) is 1. The van der Waals surface area contributed by atoms with Crippen molar-refractivity contribution in [1.82, 2.24) is 9.88 Å². The van der Waals surface area contributed by atoms with E-state index in [1.54, 1.807) is 11.1 Å². The van der Waals surface area contributed by atoms with Crippen molar-refractivity contribution in [2.75, 3.05) is 26.0 Å². The Morgan fingerprint density at radius 3 is 2.58 bits per heavy atom. The number of piperidine rings is 1. The first kappa shape index (κ1) is 26.6. The molecule has 7 nitrogen and oxygen atoms in total.